The van der Waals surface area contributed by atoms with E-state index in [-0.39, 0.29) is 12.5 Å². The van der Waals surface area contributed by atoms with Gasteiger partial charge in [0.15, 0.2) is 12.6 Å². The van der Waals surface area contributed by atoms with Crippen molar-refractivity contribution in [2.45, 2.75) is 75.6 Å². The summed E-state index contributed by atoms with van der Waals surface area (Å²) >= 11 is 0. The Morgan fingerprint density at radius 1 is 0.852 bits per heavy atom. The van der Waals surface area contributed by atoms with E-state index in [1.54, 1.807) is 0 Å². The number of rotatable bonds is 8. The first kappa shape index (κ1) is 22.9. The topological polar surface area (TPSA) is 147 Å². The van der Waals surface area contributed by atoms with Crippen molar-refractivity contribution in [2.24, 2.45) is 5.92 Å². The van der Waals surface area contributed by atoms with Crippen LogP contribution in [0.15, 0.2) is 0 Å². The van der Waals surface area contributed by atoms with E-state index in [1.807, 2.05) is 13.8 Å². The summed E-state index contributed by atoms with van der Waals surface area (Å²) in [4.78, 5) is 0. The van der Waals surface area contributed by atoms with Crippen LogP contribution in [0, 0.1) is 5.92 Å². The molecule has 10 atom stereocenters. The molecule has 27 heavy (non-hydrogen) atoms. The van der Waals surface area contributed by atoms with Crippen LogP contribution < -0.4 is 0 Å². The average Bonchev–Trinajstić information content (AvgIpc) is 2.67. The van der Waals surface area contributed by atoms with E-state index in [9.17, 15) is 25.5 Å². The van der Waals surface area contributed by atoms with Crippen molar-refractivity contribution < 1.29 is 49.2 Å². The third-order valence-corrected chi connectivity index (χ3v) is 5.16. The lowest BCUT2D eigenvalue weighted by Gasteiger charge is -2.46. The summed E-state index contributed by atoms with van der Waals surface area (Å²) in [6, 6.07) is 0. The molecule has 2 aliphatic rings. The van der Waals surface area contributed by atoms with Gasteiger partial charge in [-0.25, -0.2) is 0 Å². The molecule has 2 aliphatic heterocycles. The second-order valence-electron chi connectivity index (χ2n) is 6.80. The summed E-state index contributed by atoms with van der Waals surface area (Å²) in [5, 5.41) is 50.8. The zero-order chi connectivity index (χ0) is 20.1. The van der Waals surface area contributed by atoms with Crippen LogP contribution >= 0.6 is 0 Å². The Hall–Kier alpha value is -0.400. The molecule has 2 rings (SSSR count). The molecule has 0 aliphatic carbocycles. The maximum absolute atomic E-state index is 10.5. The van der Waals surface area contributed by atoms with Crippen LogP contribution in [0.5, 0.6) is 0 Å². The van der Waals surface area contributed by atoms with E-state index in [1.165, 1.54) is 7.11 Å². The van der Waals surface area contributed by atoms with Crippen molar-refractivity contribution in [3.8, 4) is 0 Å². The predicted octanol–water partition coefficient (Wildman–Crippen LogP) is -2.03. The number of aliphatic hydroxyl groups excluding tert-OH is 5. The first-order valence-corrected chi connectivity index (χ1v) is 9.29. The second kappa shape index (κ2) is 10.4. The van der Waals surface area contributed by atoms with Gasteiger partial charge >= 0.3 is 0 Å². The van der Waals surface area contributed by atoms with Crippen LogP contribution in [0.2, 0.25) is 0 Å². The lowest BCUT2D eigenvalue weighted by Crippen LogP contribution is -2.63. The van der Waals surface area contributed by atoms with Gasteiger partial charge in [0.25, 0.3) is 0 Å². The summed E-state index contributed by atoms with van der Waals surface area (Å²) in [6.45, 7) is 3.86. The third-order valence-electron chi connectivity index (χ3n) is 5.16. The Balaban J connectivity index is 2.13. The van der Waals surface area contributed by atoms with E-state index in [0.29, 0.717) is 13.0 Å². The Kier molecular flexibility index (Phi) is 8.81. The minimum atomic E-state index is -1.46. The Morgan fingerprint density at radius 2 is 1.48 bits per heavy atom. The quantitative estimate of drug-likeness (QED) is 0.311. The monoisotopic (exact) mass is 396 g/mol. The molecule has 0 aromatic carbocycles. The molecule has 0 radical (unpaired) electrons. The maximum atomic E-state index is 10.5. The van der Waals surface area contributed by atoms with Gasteiger partial charge in [0, 0.05) is 19.6 Å². The fourth-order valence-corrected chi connectivity index (χ4v) is 3.57. The number of hydrogen-bond acceptors (Lipinski definition) is 10. The van der Waals surface area contributed by atoms with Gasteiger partial charge in [-0.3, -0.25) is 0 Å². The fraction of sp³-hybridized carbons (Fsp3) is 1.00. The van der Waals surface area contributed by atoms with E-state index >= 15 is 0 Å². The zero-order valence-electron chi connectivity index (χ0n) is 15.9. The zero-order valence-corrected chi connectivity index (χ0v) is 15.9. The first-order chi connectivity index (χ1) is 12.9. The van der Waals surface area contributed by atoms with Crippen LogP contribution in [0.25, 0.3) is 0 Å². The number of aliphatic hydroxyl groups is 5. The van der Waals surface area contributed by atoms with Crippen molar-refractivity contribution in [1.82, 2.24) is 0 Å². The molecule has 0 aromatic rings. The lowest BCUT2D eigenvalue weighted by atomic mass is 9.87. The van der Waals surface area contributed by atoms with Crippen molar-refractivity contribution in [2.75, 3.05) is 26.9 Å². The number of methoxy groups -OCH3 is 1. The standard InChI is InChI=1S/C17H32O10/c1-4-8-10(7-24-5-2)26-17(13(21)11(8)19)27-15-9(6-18)25-16(23-3)14(22)12(15)20/h8-22H,4-7H2,1-3H3/t8-,9-,10?,11+,12?,13?,14?,15-,16-,17+/m0/s1. The largest absolute Gasteiger partial charge is 0.394 e. The second-order valence-corrected chi connectivity index (χ2v) is 6.80. The van der Waals surface area contributed by atoms with Gasteiger partial charge in [0.05, 0.1) is 25.4 Å². The minimum Gasteiger partial charge on any atom is -0.394 e. The van der Waals surface area contributed by atoms with E-state index in [0.717, 1.165) is 0 Å². The number of hydrogen-bond donors (Lipinski definition) is 5. The molecule has 0 saturated carbocycles. The molecule has 0 bridgehead atoms. The molecule has 10 heteroatoms. The van der Waals surface area contributed by atoms with E-state index < -0.39 is 61.9 Å². The van der Waals surface area contributed by atoms with Crippen molar-refractivity contribution in [3.05, 3.63) is 0 Å². The fourth-order valence-electron chi connectivity index (χ4n) is 3.57. The van der Waals surface area contributed by atoms with Crippen LogP contribution in [0.4, 0.5) is 0 Å². The predicted molar refractivity (Wildman–Crippen MR) is 90.6 cm³/mol. The molecule has 4 unspecified atom stereocenters. The van der Waals surface area contributed by atoms with Gasteiger partial charge in [0.2, 0.25) is 0 Å². The lowest BCUT2D eigenvalue weighted by molar-refractivity contribution is -0.354. The van der Waals surface area contributed by atoms with Crippen LogP contribution in [-0.2, 0) is 23.7 Å². The van der Waals surface area contributed by atoms with Crippen LogP contribution in [-0.4, -0.2) is 108 Å². The van der Waals surface area contributed by atoms with E-state index in [4.69, 9.17) is 23.7 Å². The van der Waals surface area contributed by atoms with Gasteiger partial charge in [-0.05, 0) is 13.3 Å². The highest BCUT2D eigenvalue weighted by Gasteiger charge is 2.50. The van der Waals surface area contributed by atoms with Gasteiger partial charge in [-0.2, -0.15) is 0 Å². The van der Waals surface area contributed by atoms with Gasteiger partial charge < -0.3 is 49.2 Å². The highest BCUT2D eigenvalue weighted by Crippen LogP contribution is 2.32. The molecule has 2 saturated heterocycles. The summed E-state index contributed by atoms with van der Waals surface area (Å²) < 4.78 is 27.2. The summed E-state index contributed by atoms with van der Waals surface area (Å²) in [5.41, 5.74) is 0. The van der Waals surface area contributed by atoms with Crippen molar-refractivity contribution in [3.63, 3.8) is 0 Å². The Bertz CT molecular complexity index is 436. The smallest absolute Gasteiger partial charge is 0.187 e. The Labute approximate surface area is 158 Å². The van der Waals surface area contributed by atoms with Crippen molar-refractivity contribution in [1.29, 1.82) is 0 Å². The van der Waals surface area contributed by atoms with Crippen LogP contribution in [0.1, 0.15) is 20.3 Å². The van der Waals surface area contributed by atoms with E-state index in [2.05, 4.69) is 0 Å². The highest BCUT2D eigenvalue weighted by atomic mass is 16.7. The molecule has 0 spiro atoms. The van der Waals surface area contributed by atoms with Crippen LogP contribution in [0.3, 0.4) is 0 Å². The van der Waals surface area contributed by atoms with Crippen molar-refractivity contribution >= 4 is 0 Å². The van der Waals surface area contributed by atoms with Gasteiger partial charge in [-0.1, -0.05) is 6.92 Å². The average molecular weight is 396 g/mol. The molecule has 0 amide bonds. The van der Waals surface area contributed by atoms with Gasteiger partial charge in [-0.15, -0.1) is 0 Å². The molecule has 10 nitrogen and oxygen atoms in total. The number of ether oxygens (including phenoxy) is 5. The molecule has 2 heterocycles. The van der Waals surface area contributed by atoms with Gasteiger partial charge in [0.1, 0.15) is 30.5 Å². The third kappa shape index (κ3) is 4.96. The molecule has 2 fully saturated rings. The molecular weight excluding hydrogens is 364 g/mol. The Morgan fingerprint density at radius 3 is 2.04 bits per heavy atom. The highest BCUT2D eigenvalue weighted by molar-refractivity contribution is 4.93. The molecule has 0 aromatic heterocycles. The normalized spacial score (nSPS) is 45.8. The molecule has 5 N–H and O–H groups in total. The first-order valence-electron chi connectivity index (χ1n) is 9.29. The minimum absolute atomic E-state index is 0.209. The SMILES string of the molecule is CCOCC1O[C@H](O[C@@H]2C(O)C(O)[C@@H](OC)O[C@H]2CO)C(O)[C@H](O)[C@H]1CC. The molecular formula is C17H32O10. The summed E-state index contributed by atoms with van der Waals surface area (Å²) in [5.74, 6) is -0.351. The molecule has 160 valence electrons. The summed E-state index contributed by atoms with van der Waals surface area (Å²) in [6.07, 6.45) is -9.98. The maximum Gasteiger partial charge on any atom is 0.187 e. The summed E-state index contributed by atoms with van der Waals surface area (Å²) in [7, 11) is 1.30.